The summed E-state index contributed by atoms with van der Waals surface area (Å²) >= 11 is 3.22. The van der Waals surface area contributed by atoms with Gasteiger partial charge in [0.15, 0.2) is 0 Å². The molecule has 0 spiro atoms. The first-order valence-electron chi connectivity index (χ1n) is 6.28. The Bertz CT molecular complexity index is 631. The molecular formula is C13H17BrClNO4S. The molecule has 0 radical (unpaired) electrons. The van der Waals surface area contributed by atoms with Crippen molar-refractivity contribution in [2.24, 2.45) is 0 Å². The first-order valence-corrected chi connectivity index (χ1v) is 9.38. The summed E-state index contributed by atoms with van der Waals surface area (Å²) in [5.74, 6) is 0.0144. The Balaban J connectivity index is 2.87. The number of amides is 1. The van der Waals surface area contributed by atoms with Gasteiger partial charge in [0.2, 0.25) is 5.91 Å². The Morgan fingerprint density at radius 1 is 1.43 bits per heavy atom. The van der Waals surface area contributed by atoms with E-state index in [1.54, 1.807) is 13.0 Å². The predicted molar refractivity (Wildman–Crippen MR) is 85.3 cm³/mol. The smallest absolute Gasteiger partial charge is 0.265 e. The summed E-state index contributed by atoms with van der Waals surface area (Å²) < 4.78 is 29.2. The van der Waals surface area contributed by atoms with E-state index in [-0.39, 0.29) is 35.6 Å². The molecule has 0 aliphatic carbocycles. The number of carbonyl (C=O) groups is 1. The maximum Gasteiger partial charge on any atom is 0.265 e. The number of halogens is 2. The van der Waals surface area contributed by atoms with E-state index in [0.717, 1.165) is 0 Å². The lowest BCUT2D eigenvalue weighted by Gasteiger charge is -2.14. The molecule has 0 aliphatic heterocycles. The van der Waals surface area contributed by atoms with E-state index in [1.165, 1.54) is 6.07 Å². The van der Waals surface area contributed by atoms with E-state index in [9.17, 15) is 13.2 Å². The molecule has 0 saturated carbocycles. The Labute approximate surface area is 137 Å². The molecule has 0 unspecified atom stereocenters. The van der Waals surface area contributed by atoms with Crippen LogP contribution in [0.15, 0.2) is 21.5 Å². The number of aryl methyl sites for hydroxylation is 1. The fourth-order valence-corrected chi connectivity index (χ4v) is 3.48. The molecule has 1 rings (SSSR count). The van der Waals surface area contributed by atoms with Crippen LogP contribution in [-0.2, 0) is 13.8 Å². The number of ether oxygens (including phenoxy) is 1. The van der Waals surface area contributed by atoms with E-state index in [2.05, 4.69) is 21.2 Å². The molecule has 0 heterocycles. The monoisotopic (exact) mass is 397 g/mol. The molecule has 0 aromatic heterocycles. The summed E-state index contributed by atoms with van der Waals surface area (Å²) in [5, 5.41) is 2.73. The van der Waals surface area contributed by atoms with Crippen molar-refractivity contribution >= 4 is 41.6 Å². The highest BCUT2D eigenvalue weighted by atomic mass is 79.9. The second-order valence-corrected chi connectivity index (χ2v) is 8.26. The summed E-state index contributed by atoms with van der Waals surface area (Å²) in [6.07, 6.45) is 0.134. The van der Waals surface area contributed by atoms with Crippen molar-refractivity contribution in [2.45, 2.75) is 38.1 Å². The van der Waals surface area contributed by atoms with E-state index in [0.29, 0.717) is 10.0 Å². The molecule has 1 aromatic carbocycles. The first kappa shape index (κ1) is 18.3. The largest absolute Gasteiger partial charge is 0.491 e. The van der Waals surface area contributed by atoms with Crippen LogP contribution in [-0.4, -0.2) is 27.0 Å². The Morgan fingerprint density at radius 3 is 2.57 bits per heavy atom. The summed E-state index contributed by atoms with van der Waals surface area (Å²) in [6, 6.07) is 3.14. The minimum Gasteiger partial charge on any atom is -0.491 e. The van der Waals surface area contributed by atoms with E-state index < -0.39 is 9.05 Å². The zero-order valence-corrected chi connectivity index (χ0v) is 15.1. The van der Waals surface area contributed by atoms with Crippen LogP contribution < -0.4 is 10.1 Å². The molecule has 5 nitrogen and oxygen atoms in total. The molecule has 8 heteroatoms. The van der Waals surface area contributed by atoms with Gasteiger partial charge >= 0.3 is 0 Å². The van der Waals surface area contributed by atoms with Gasteiger partial charge in [-0.15, -0.1) is 0 Å². The molecule has 0 aliphatic rings. The number of carbonyl (C=O) groups excluding carboxylic acids is 1. The quantitative estimate of drug-likeness (QED) is 0.748. The van der Waals surface area contributed by atoms with Crippen molar-refractivity contribution in [2.75, 3.05) is 6.61 Å². The Kier molecular flexibility index (Phi) is 6.49. The number of hydrogen-bond donors (Lipinski definition) is 1. The van der Waals surface area contributed by atoms with E-state index in [4.69, 9.17) is 15.4 Å². The molecule has 21 heavy (non-hydrogen) atoms. The molecule has 1 amide bonds. The summed E-state index contributed by atoms with van der Waals surface area (Å²) in [4.78, 5) is 11.4. The lowest BCUT2D eigenvalue weighted by Crippen LogP contribution is -2.31. The van der Waals surface area contributed by atoms with E-state index in [1.807, 2.05) is 13.8 Å². The third-order valence-electron chi connectivity index (χ3n) is 2.49. The normalized spacial score (nSPS) is 11.5. The van der Waals surface area contributed by atoms with Gasteiger partial charge in [-0.05, 0) is 38.5 Å². The van der Waals surface area contributed by atoms with E-state index >= 15 is 0 Å². The summed E-state index contributed by atoms with van der Waals surface area (Å²) in [7, 11) is 1.48. The molecule has 0 fully saturated rings. The average Bonchev–Trinajstić information content (AvgIpc) is 2.29. The highest BCUT2D eigenvalue weighted by Gasteiger charge is 2.20. The Morgan fingerprint density at radius 2 is 2.05 bits per heavy atom. The minimum atomic E-state index is -3.93. The molecular weight excluding hydrogens is 382 g/mol. The fourth-order valence-electron chi connectivity index (χ4n) is 1.71. The summed E-state index contributed by atoms with van der Waals surface area (Å²) in [5.41, 5.74) is 0.618. The van der Waals surface area contributed by atoms with Crippen LogP contribution in [0.2, 0.25) is 0 Å². The van der Waals surface area contributed by atoms with Gasteiger partial charge in [0, 0.05) is 21.2 Å². The van der Waals surface area contributed by atoms with Crippen molar-refractivity contribution in [1.29, 1.82) is 0 Å². The summed E-state index contributed by atoms with van der Waals surface area (Å²) in [6.45, 7) is 5.49. The van der Waals surface area contributed by atoms with Gasteiger partial charge in [0.05, 0.1) is 13.0 Å². The zero-order chi connectivity index (χ0) is 16.2. The molecule has 0 bridgehead atoms. The van der Waals surface area contributed by atoms with Crippen molar-refractivity contribution < 1.29 is 17.9 Å². The lowest BCUT2D eigenvalue weighted by molar-refractivity contribution is -0.122. The molecule has 1 N–H and O–H groups in total. The van der Waals surface area contributed by atoms with Crippen LogP contribution in [0.3, 0.4) is 0 Å². The van der Waals surface area contributed by atoms with Crippen LogP contribution in [0.25, 0.3) is 0 Å². The molecule has 0 atom stereocenters. The van der Waals surface area contributed by atoms with Gasteiger partial charge < -0.3 is 10.1 Å². The average molecular weight is 399 g/mol. The molecule has 1 aromatic rings. The molecule has 118 valence electrons. The third-order valence-corrected chi connectivity index (χ3v) is 4.28. The van der Waals surface area contributed by atoms with Gasteiger partial charge in [-0.3, -0.25) is 4.79 Å². The van der Waals surface area contributed by atoms with Crippen LogP contribution in [0.4, 0.5) is 0 Å². The Hall–Kier alpha value is -0.790. The molecule has 0 saturated heterocycles. The van der Waals surface area contributed by atoms with Gasteiger partial charge in [-0.25, -0.2) is 8.42 Å². The van der Waals surface area contributed by atoms with Gasteiger partial charge in [0.25, 0.3) is 9.05 Å². The van der Waals surface area contributed by atoms with Crippen molar-refractivity contribution in [3.05, 3.63) is 22.2 Å². The predicted octanol–water partition coefficient (Wildman–Crippen LogP) is 2.98. The second kappa shape index (κ2) is 7.47. The van der Waals surface area contributed by atoms with Gasteiger partial charge in [-0.1, -0.05) is 15.9 Å². The van der Waals surface area contributed by atoms with Crippen LogP contribution >= 0.6 is 26.6 Å². The topological polar surface area (TPSA) is 72.5 Å². The van der Waals surface area contributed by atoms with Crippen molar-refractivity contribution in [1.82, 2.24) is 5.32 Å². The van der Waals surface area contributed by atoms with Crippen LogP contribution in [0, 0.1) is 6.92 Å². The maximum atomic E-state index is 11.6. The van der Waals surface area contributed by atoms with Crippen molar-refractivity contribution in [3.8, 4) is 5.75 Å². The third kappa shape index (κ3) is 5.84. The standard InChI is InChI=1S/C13H17BrClNO4S/c1-8(2)16-12(17)4-5-20-13-9(3)6-10(14)7-11(13)21(15,18)19/h6-8H,4-5H2,1-3H3,(H,16,17). The minimum absolute atomic E-state index is 0.0469. The SMILES string of the molecule is Cc1cc(Br)cc(S(=O)(=O)Cl)c1OCCC(=O)NC(C)C. The van der Waals surface area contributed by atoms with Gasteiger partial charge in [0.1, 0.15) is 10.6 Å². The number of hydrogen-bond acceptors (Lipinski definition) is 4. The van der Waals surface area contributed by atoms with Crippen molar-refractivity contribution in [3.63, 3.8) is 0 Å². The number of rotatable bonds is 6. The highest BCUT2D eigenvalue weighted by molar-refractivity contribution is 9.10. The zero-order valence-electron chi connectivity index (χ0n) is 11.9. The first-order chi connectivity index (χ1) is 9.61. The highest BCUT2D eigenvalue weighted by Crippen LogP contribution is 2.33. The van der Waals surface area contributed by atoms with Crippen LogP contribution in [0.5, 0.6) is 5.75 Å². The second-order valence-electron chi connectivity index (χ2n) is 4.81. The maximum absolute atomic E-state index is 11.6. The lowest BCUT2D eigenvalue weighted by atomic mass is 10.2. The number of nitrogens with one attached hydrogen (secondary N) is 1. The fraction of sp³-hybridized carbons (Fsp3) is 0.462. The number of benzene rings is 1. The van der Waals surface area contributed by atoms with Gasteiger partial charge in [-0.2, -0.15) is 0 Å². The van der Waals surface area contributed by atoms with Crippen LogP contribution in [0.1, 0.15) is 25.8 Å².